The smallest absolute Gasteiger partial charge is 0.137 e. The van der Waals surface area contributed by atoms with Crippen molar-refractivity contribution >= 4 is 5.65 Å². The molecule has 23 heavy (non-hydrogen) atoms. The molecular formula is C18H21N5. The Labute approximate surface area is 136 Å². The third-order valence-corrected chi connectivity index (χ3v) is 4.42. The van der Waals surface area contributed by atoms with E-state index in [-0.39, 0.29) is 0 Å². The van der Waals surface area contributed by atoms with Crippen LogP contribution in [0.4, 0.5) is 0 Å². The van der Waals surface area contributed by atoms with Crippen molar-refractivity contribution in [2.45, 2.75) is 13.5 Å². The van der Waals surface area contributed by atoms with Crippen LogP contribution >= 0.6 is 0 Å². The van der Waals surface area contributed by atoms with Gasteiger partial charge in [-0.1, -0.05) is 0 Å². The first-order chi connectivity index (χ1) is 11.3. The summed E-state index contributed by atoms with van der Waals surface area (Å²) in [5, 5.41) is 3.41. The first-order valence-electron chi connectivity index (χ1n) is 8.12. The number of piperazine rings is 1. The highest BCUT2D eigenvalue weighted by Crippen LogP contribution is 2.25. The summed E-state index contributed by atoms with van der Waals surface area (Å²) in [5.74, 6) is 0. The Morgan fingerprint density at radius 2 is 1.91 bits per heavy atom. The van der Waals surface area contributed by atoms with Crippen LogP contribution in [0.2, 0.25) is 0 Å². The van der Waals surface area contributed by atoms with Crippen molar-refractivity contribution in [2.24, 2.45) is 0 Å². The van der Waals surface area contributed by atoms with E-state index in [0.717, 1.165) is 49.6 Å². The summed E-state index contributed by atoms with van der Waals surface area (Å²) in [6.45, 7) is 7.30. The molecule has 1 aliphatic heterocycles. The van der Waals surface area contributed by atoms with Crippen molar-refractivity contribution < 1.29 is 0 Å². The minimum atomic E-state index is 0.920. The van der Waals surface area contributed by atoms with Crippen LogP contribution < -0.4 is 5.32 Å². The van der Waals surface area contributed by atoms with Crippen molar-refractivity contribution in [3.8, 4) is 11.3 Å². The van der Waals surface area contributed by atoms with E-state index in [1.165, 1.54) is 11.3 Å². The number of nitrogens with one attached hydrogen (secondary N) is 1. The number of hydrogen-bond donors (Lipinski definition) is 1. The van der Waals surface area contributed by atoms with Gasteiger partial charge in [-0.15, -0.1) is 0 Å². The average Bonchev–Trinajstić information content (AvgIpc) is 2.94. The zero-order valence-electron chi connectivity index (χ0n) is 13.4. The third kappa shape index (κ3) is 2.85. The fraction of sp³-hybridized carbons (Fsp3) is 0.333. The molecule has 0 saturated carbocycles. The van der Waals surface area contributed by atoms with E-state index >= 15 is 0 Å². The largest absolute Gasteiger partial charge is 0.314 e. The minimum absolute atomic E-state index is 0.920. The Morgan fingerprint density at radius 3 is 2.70 bits per heavy atom. The molecule has 0 unspecified atom stereocenters. The lowest BCUT2D eigenvalue weighted by Gasteiger charge is -2.27. The number of imidazole rings is 1. The number of rotatable bonds is 3. The quantitative estimate of drug-likeness (QED) is 0.805. The highest BCUT2D eigenvalue weighted by molar-refractivity contribution is 5.66. The van der Waals surface area contributed by atoms with Gasteiger partial charge in [-0.3, -0.25) is 9.88 Å². The second-order valence-electron chi connectivity index (χ2n) is 6.10. The Morgan fingerprint density at radius 1 is 1.13 bits per heavy atom. The number of aryl methyl sites for hydroxylation is 1. The maximum Gasteiger partial charge on any atom is 0.137 e. The molecule has 0 amide bonds. The van der Waals surface area contributed by atoms with E-state index in [4.69, 9.17) is 4.98 Å². The normalized spacial score (nSPS) is 16.0. The van der Waals surface area contributed by atoms with Gasteiger partial charge in [0.05, 0.1) is 11.4 Å². The Balaban J connectivity index is 1.81. The molecule has 0 aliphatic carbocycles. The third-order valence-electron chi connectivity index (χ3n) is 4.42. The molecule has 1 saturated heterocycles. The van der Waals surface area contributed by atoms with Crippen LogP contribution in [0.1, 0.15) is 11.3 Å². The van der Waals surface area contributed by atoms with Crippen molar-refractivity contribution in [1.82, 2.24) is 24.6 Å². The maximum atomic E-state index is 4.90. The molecule has 0 bridgehead atoms. The minimum Gasteiger partial charge on any atom is -0.314 e. The Bertz CT molecular complexity index is 803. The summed E-state index contributed by atoms with van der Waals surface area (Å²) in [6.07, 6.45) is 5.80. The molecule has 0 radical (unpaired) electrons. The molecule has 5 heteroatoms. The highest BCUT2D eigenvalue weighted by atomic mass is 15.2. The van der Waals surface area contributed by atoms with Gasteiger partial charge in [0.2, 0.25) is 0 Å². The van der Waals surface area contributed by atoms with Gasteiger partial charge < -0.3 is 9.72 Å². The first kappa shape index (κ1) is 14.4. The van der Waals surface area contributed by atoms with Gasteiger partial charge >= 0.3 is 0 Å². The molecular weight excluding hydrogens is 286 g/mol. The molecule has 3 aromatic rings. The van der Waals surface area contributed by atoms with Crippen molar-refractivity contribution in [3.63, 3.8) is 0 Å². The predicted molar refractivity (Wildman–Crippen MR) is 91.3 cm³/mol. The van der Waals surface area contributed by atoms with E-state index in [1.54, 1.807) is 0 Å². The topological polar surface area (TPSA) is 45.5 Å². The fourth-order valence-corrected chi connectivity index (χ4v) is 3.17. The SMILES string of the molecule is Cc1ccn2c(CN3CCNCC3)c(-c3ccncc3)nc2c1. The summed E-state index contributed by atoms with van der Waals surface area (Å²) < 4.78 is 2.23. The first-order valence-corrected chi connectivity index (χ1v) is 8.12. The van der Waals surface area contributed by atoms with E-state index in [1.807, 2.05) is 24.5 Å². The number of fused-ring (bicyclic) bond motifs is 1. The van der Waals surface area contributed by atoms with Gasteiger partial charge in [0.25, 0.3) is 0 Å². The molecule has 1 aliphatic rings. The lowest BCUT2D eigenvalue weighted by molar-refractivity contribution is 0.230. The lowest BCUT2D eigenvalue weighted by Crippen LogP contribution is -2.43. The fourth-order valence-electron chi connectivity index (χ4n) is 3.17. The Kier molecular flexibility index (Phi) is 3.81. The molecule has 1 fully saturated rings. The zero-order chi connectivity index (χ0) is 15.6. The molecule has 0 atom stereocenters. The molecule has 0 spiro atoms. The zero-order valence-corrected chi connectivity index (χ0v) is 13.4. The molecule has 0 aromatic carbocycles. The van der Waals surface area contributed by atoms with Crippen LogP contribution in [-0.4, -0.2) is 45.4 Å². The summed E-state index contributed by atoms with van der Waals surface area (Å²) in [7, 11) is 0. The molecule has 1 N–H and O–H groups in total. The summed E-state index contributed by atoms with van der Waals surface area (Å²) in [6, 6.07) is 8.37. The van der Waals surface area contributed by atoms with Crippen molar-refractivity contribution in [3.05, 3.63) is 54.1 Å². The molecule has 4 heterocycles. The van der Waals surface area contributed by atoms with E-state index in [9.17, 15) is 0 Å². The summed E-state index contributed by atoms with van der Waals surface area (Å²) >= 11 is 0. The van der Waals surface area contributed by atoms with Gasteiger partial charge in [0.1, 0.15) is 5.65 Å². The molecule has 3 aromatic heterocycles. The molecule has 5 nitrogen and oxygen atoms in total. The Hall–Kier alpha value is -2.24. The number of nitrogens with zero attached hydrogens (tertiary/aromatic N) is 4. The summed E-state index contributed by atoms with van der Waals surface area (Å²) in [5.41, 5.74) is 5.70. The van der Waals surface area contributed by atoms with Gasteiger partial charge in [-0.05, 0) is 36.8 Å². The van der Waals surface area contributed by atoms with Crippen LogP contribution in [0, 0.1) is 6.92 Å². The number of aromatic nitrogens is 3. The second kappa shape index (κ2) is 6.10. The monoisotopic (exact) mass is 307 g/mol. The molecule has 4 rings (SSSR count). The predicted octanol–water partition coefficient (Wildman–Crippen LogP) is 2.11. The van der Waals surface area contributed by atoms with Crippen LogP contribution in [0.5, 0.6) is 0 Å². The highest BCUT2D eigenvalue weighted by Gasteiger charge is 2.18. The van der Waals surface area contributed by atoms with Crippen LogP contribution in [0.15, 0.2) is 42.9 Å². The van der Waals surface area contributed by atoms with E-state index in [2.05, 4.69) is 44.9 Å². The van der Waals surface area contributed by atoms with Gasteiger partial charge in [-0.2, -0.15) is 0 Å². The van der Waals surface area contributed by atoms with Gasteiger partial charge in [0, 0.05) is 56.9 Å². The number of hydrogen-bond acceptors (Lipinski definition) is 4. The van der Waals surface area contributed by atoms with Crippen molar-refractivity contribution in [1.29, 1.82) is 0 Å². The standard InChI is InChI=1S/C18H21N5/c1-14-4-9-23-16(13-22-10-7-20-8-11-22)18(21-17(23)12-14)15-2-5-19-6-3-15/h2-6,9,12,20H,7-8,10-11,13H2,1H3. The lowest BCUT2D eigenvalue weighted by atomic mass is 10.1. The average molecular weight is 307 g/mol. The van der Waals surface area contributed by atoms with Crippen molar-refractivity contribution in [2.75, 3.05) is 26.2 Å². The molecule has 118 valence electrons. The number of pyridine rings is 2. The van der Waals surface area contributed by atoms with E-state index in [0.29, 0.717) is 0 Å². The van der Waals surface area contributed by atoms with E-state index < -0.39 is 0 Å². The van der Waals surface area contributed by atoms with Crippen LogP contribution in [0.3, 0.4) is 0 Å². The maximum absolute atomic E-state index is 4.90. The van der Waals surface area contributed by atoms with Gasteiger partial charge in [0.15, 0.2) is 0 Å². The summed E-state index contributed by atoms with van der Waals surface area (Å²) in [4.78, 5) is 11.5. The van der Waals surface area contributed by atoms with Crippen LogP contribution in [-0.2, 0) is 6.54 Å². The second-order valence-corrected chi connectivity index (χ2v) is 6.10. The van der Waals surface area contributed by atoms with Crippen LogP contribution in [0.25, 0.3) is 16.9 Å². The van der Waals surface area contributed by atoms with Gasteiger partial charge in [-0.25, -0.2) is 4.98 Å².